The van der Waals surface area contributed by atoms with E-state index in [0.717, 1.165) is 30.5 Å². The quantitative estimate of drug-likeness (QED) is 0.709. The number of fused-ring (bicyclic) bond motifs is 2. The molecule has 5 rings (SSSR count). The Labute approximate surface area is 170 Å². The fraction of sp³-hybridized carbons (Fsp3) is 0.238. The summed E-state index contributed by atoms with van der Waals surface area (Å²) in [7, 11) is 0. The third-order valence-corrected chi connectivity index (χ3v) is 5.08. The lowest BCUT2D eigenvalue weighted by Crippen LogP contribution is -2.32. The van der Waals surface area contributed by atoms with Crippen LogP contribution in [0.3, 0.4) is 0 Å². The molecule has 3 aromatic rings. The number of nitrogens with one attached hydrogen (secondary N) is 1. The van der Waals surface area contributed by atoms with Gasteiger partial charge in [-0.05, 0) is 49.1 Å². The molecule has 9 heteroatoms. The number of amides is 1. The number of carbonyl (C=O) groups excluding carboxylic acids is 1. The van der Waals surface area contributed by atoms with Gasteiger partial charge in [0.2, 0.25) is 0 Å². The van der Waals surface area contributed by atoms with Gasteiger partial charge in [-0.1, -0.05) is 6.07 Å². The lowest BCUT2D eigenvalue weighted by molar-refractivity contribution is -0.286. The number of rotatable bonds is 3. The third-order valence-electron chi connectivity index (χ3n) is 5.08. The van der Waals surface area contributed by atoms with E-state index in [0.29, 0.717) is 11.3 Å². The van der Waals surface area contributed by atoms with Crippen molar-refractivity contribution in [3.05, 3.63) is 65.9 Å². The van der Waals surface area contributed by atoms with E-state index in [9.17, 15) is 13.6 Å². The van der Waals surface area contributed by atoms with E-state index in [-0.39, 0.29) is 29.1 Å². The first-order valence-electron chi connectivity index (χ1n) is 9.45. The number of hydrogen-bond acceptors (Lipinski definition) is 6. The van der Waals surface area contributed by atoms with Crippen LogP contribution in [0.15, 0.2) is 48.9 Å². The van der Waals surface area contributed by atoms with Crippen LogP contribution in [0, 0.1) is 0 Å². The van der Waals surface area contributed by atoms with E-state index in [1.165, 1.54) is 30.7 Å². The van der Waals surface area contributed by atoms with E-state index in [1.54, 1.807) is 6.07 Å². The zero-order valence-corrected chi connectivity index (χ0v) is 15.6. The van der Waals surface area contributed by atoms with Gasteiger partial charge in [0, 0.05) is 18.0 Å². The highest BCUT2D eigenvalue weighted by Gasteiger charge is 2.43. The number of ether oxygens (including phenoxy) is 2. The Morgan fingerprint density at radius 2 is 2.00 bits per heavy atom. The molecule has 1 N–H and O–H groups in total. The minimum absolute atomic E-state index is 0.0178. The second-order valence-electron chi connectivity index (χ2n) is 7.08. The second-order valence-corrected chi connectivity index (χ2v) is 7.08. The molecule has 3 heterocycles. The highest BCUT2D eigenvalue weighted by Crippen LogP contribution is 2.43. The smallest absolute Gasteiger partial charge is 0.395 e. The number of carbonyl (C=O) groups is 1. The number of hydrogen-bond donors (Lipinski definition) is 1. The molecule has 2 aromatic heterocycles. The first kappa shape index (κ1) is 18.4. The summed E-state index contributed by atoms with van der Waals surface area (Å²) in [4.78, 5) is 25.2. The van der Waals surface area contributed by atoms with Gasteiger partial charge in [-0.3, -0.25) is 14.8 Å². The lowest BCUT2D eigenvalue weighted by atomic mass is 9.91. The Morgan fingerprint density at radius 3 is 2.83 bits per heavy atom. The molecule has 7 nitrogen and oxygen atoms in total. The molecule has 2 aliphatic rings. The number of benzene rings is 1. The van der Waals surface area contributed by atoms with Gasteiger partial charge < -0.3 is 14.8 Å². The van der Waals surface area contributed by atoms with Crippen LogP contribution in [-0.2, 0) is 6.42 Å². The minimum atomic E-state index is -3.67. The predicted octanol–water partition coefficient (Wildman–Crippen LogP) is 3.67. The fourth-order valence-electron chi connectivity index (χ4n) is 3.71. The van der Waals surface area contributed by atoms with Crippen LogP contribution in [0.4, 0.5) is 8.78 Å². The van der Waals surface area contributed by atoms with Crippen molar-refractivity contribution in [3.63, 3.8) is 0 Å². The average Bonchev–Trinajstić information content (AvgIpc) is 3.07. The van der Waals surface area contributed by atoms with Crippen molar-refractivity contribution in [3.8, 4) is 22.8 Å². The van der Waals surface area contributed by atoms with Crippen LogP contribution in [-0.4, -0.2) is 27.2 Å². The Morgan fingerprint density at radius 1 is 1.13 bits per heavy atom. The van der Waals surface area contributed by atoms with Crippen LogP contribution in [0.25, 0.3) is 11.3 Å². The molecule has 1 aromatic carbocycles. The maximum absolute atomic E-state index is 13.3. The predicted molar refractivity (Wildman–Crippen MR) is 101 cm³/mol. The van der Waals surface area contributed by atoms with E-state index < -0.39 is 6.29 Å². The number of pyridine rings is 1. The first-order chi connectivity index (χ1) is 14.5. The molecule has 1 aliphatic heterocycles. The summed E-state index contributed by atoms with van der Waals surface area (Å²) in [5, 5.41) is 2.97. The lowest BCUT2D eigenvalue weighted by Gasteiger charge is -2.25. The summed E-state index contributed by atoms with van der Waals surface area (Å²) < 4.78 is 35.6. The minimum Gasteiger partial charge on any atom is -0.395 e. The Bertz CT molecular complexity index is 1120. The number of alkyl halides is 2. The van der Waals surface area contributed by atoms with Crippen molar-refractivity contribution < 1.29 is 23.0 Å². The van der Waals surface area contributed by atoms with Gasteiger partial charge in [0.15, 0.2) is 11.5 Å². The molecular weight excluding hydrogens is 394 g/mol. The molecule has 0 bridgehead atoms. The van der Waals surface area contributed by atoms with Gasteiger partial charge in [-0.25, -0.2) is 4.98 Å². The van der Waals surface area contributed by atoms with E-state index >= 15 is 0 Å². The molecule has 152 valence electrons. The van der Waals surface area contributed by atoms with Gasteiger partial charge in [-0.15, -0.1) is 8.78 Å². The molecule has 0 saturated carbocycles. The average molecular weight is 410 g/mol. The van der Waals surface area contributed by atoms with Crippen molar-refractivity contribution in [1.82, 2.24) is 20.3 Å². The standard InChI is InChI=1S/C21H16F2N4O3/c22-21(23)29-17-7-5-13(10-18(17)30-21)14-6-4-12-2-1-3-15(19(12)26-14)27-20(28)16-11-24-8-9-25-16/h4-11,15H,1-3H2,(H,27,28). The fourth-order valence-corrected chi connectivity index (χ4v) is 3.71. The molecule has 0 radical (unpaired) electrons. The number of aryl methyl sites for hydroxylation is 1. The van der Waals surface area contributed by atoms with Gasteiger partial charge >= 0.3 is 6.29 Å². The van der Waals surface area contributed by atoms with Gasteiger partial charge in [0.25, 0.3) is 5.91 Å². The van der Waals surface area contributed by atoms with Crippen LogP contribution < -0.4 is 14.8 Å². The maximum atomic E-state index is 13.3. The van der Waals surface area contributed by atoms with Crippen molar-refractivity contribution >= 4 is 5.91 Å². The van der Waals surface area contributed by atoms with Crippen LogP contribution in [0.1, 0.15) is 40.6 Å². The molecule has 0 spiro atoms. The molecule has 0 saturated heterocycles. The Kier molecular flexibility index (Phi) is 4.30. The van der Waals surface area contributed by atoms with Gasteiger partial charge in [-0.2, -0.15) is 0 Å². The highest BCUT2D eigenvalue weighted by molar-refractivity contribution is 5.92. The SMILES string of the molecule is O=C(NC1CCCc2ccc(-c3ccc4c(c3)OC(F)(F)O4)nc21)c1cnccn1. The topological polar surface area (TPSA) is 86.2 Å². The summed E-state index contributed by atoms with van der Waals surface area (Å²) in [6, 6.07) is 8.07. The Hall–Kier alpha value is -3.62. The zero-order chi connectivity index (χ0) is 20.7. The molecule has 30 heavy (non-hydrogen) atoms. The van der Waals surface area contributed by atoms with Gasteiger partial charge in [0.05, 0.1) is 23.6 Å². The molecule has 1 atom stereocenters. The van der Waals surface area contributed by atoms with Crippen molar-refractivity contribution in [2.75, 3.05) is 0 Å². The monoisotopic (exact) mass is 410 g/mol. The molecule has 1 amide bonds. The largest absolute Gasteiger partial charge is 0.586 e. The molecular formula is C21H16F2N4O3. The number of halogens is 2. The van der Waals surface area contributed by atoms with E-state index in [1.807, 2.05) is 12.1 Å². The zero-order valence-electron chi connectivity index (χ0n) is 15.6. The van der Waals surface area contributed by atoms with E-state index in [4.69, 9.17) is 4.98 Å². The normalized spacial score (nSPS) is 18.5. The molecule has 0 fully saturated rings. The van der Waals surface area contributed by atoms with Crippen molar-refractivity contribution in [1.29, 1.82) is 0 Å². The second kappa shape index (κ2) is 7.01. The van der Waals surface area contributed by atoms with Gasteiger partial charge in [0.1, 0.15) is 5.69 Å². The third kappa shape index (κ3) is 3.42. The number of aromatic nitrogens is 3. The summed E-state index contributed by atoms with van der Waals surface area (Å²) in [5.74, 6) is -0.376. The van der Waals surface area contributed by atoms with E-state index in [2.05, 4.69) is 24.8 Å². The van der Waals surface area contributed by atoms with Crippen molar-refractivity contribution in [2.45, 2.75) is 31.6 Å². The summed E-state index contributed by atoms with van der Waals surface area (Å²) in [6.07, 6.45) is 3.21. The number of nitrogens with zero attached hydrogens (tertiary/aromatic N) is 3. The van der Waals surface area contributed by atoms with Crippen molar-refractivity contribution in [2.24, 2.45) is 0 Å². The highest BCUT2D eigenvalue weighted by atomic mass is 19.3. The Balaban J connectivity index is 1.44. The first-order valence-corrected chi connectivity index (χ1v) is 9.45. The summed E-state index contributed by atoms with van der Waals surface area (Å²) >= 11 is 0. The van der Waals surface area contributed by atoms with Crippen LogP contribution in [0.2, 0.25) is 0 Å². The molecule has 1 unspecified atom stereocenters. The molecule has 1 aliphatic carbocycles. The van der Waals surface area contributed by atoms with Crippen LogP contribution in [0.5, 0.6) is 11.5 Å². The maximum Gasteiger partial charge on any atom is 0.586 e. The summed E-state index contributed by atoms with van der Waals surface area (Å²) in [6.45, 7) is 0. The van der Waals surface area contributed by atoms with Crippen LogP contribution >= 0.6 is 0 Å². The summed E-state index contributed by atoms with van der Waals surface area (Å²) in [5.41, 5.74) is 3.25.